The van der Waals surface area contributed by atoms with Crippen LogP contribution in [0.4, 0.5) is 0 Å². The Labute approximate surface area is 79.9 Å². The Kier molecular flexibility index (Phi) is 2.21. The van der Waals surface area contributed by atoms with Crippen molar-refractivity contribution in [1.82, 2.24) is 0 Å². The molecule has 62 valence electrons. The number of fused-ring (bicyclic) bond motifs is 1. The van der Waals surface area contributed by atoms with Crippen LogP contribution in [0.2, 0.25) is 0 Å². The maximum atomic E-state index is 4.26. The lowest BCUT2D eigenvalue weighted by atomic mass is 10.0. The van der Waals surface area contributed by atoms with Gasteiger partial charge in [-0.05, 0) is 12.5 Å². The summed E-state index contributed by atoms with van der Waals surface area (Å²) < 4.78 is 0. The molecule has 0 N–H and O–H groups in total. The number of hydrogen-bond donors (Lipinski definition) is 0. The zero-order valence-electron chi connectivity index (χ0n) is 6.57. The van der Waals surface area contributed by atoms with Gasteiger partial charge >= 0.3 is 0 Å². The fourth-order valence-corrected chi connectivity index (χ4v) is 1.83. The molecular weight excluding hydrogens is 216 g/mol. The van der Waals surface area contributed by atoms with E-state index in [0.29, 0.717) is 5.92 Å². The largest absolute Gasteiger partial charge is 0.240 e. The Balaban J connectivity index is 2.16. The normalized spacial score (nSPS) is 25.2. The number of alkyl halides is 1. The van der Waals surface area contributed by atoms with Crippen molar-refractivity contribution in [1.29, 1.82) is 0 Å². The van der Waals surface area contributed by atoms with Crippen LogP contribution >= 0.6 is 15.9 Å². The van der Waals surface area contributed by atoms with Gasteiger partial charge in [-0.2, -0.15) is 0 Å². The molecule has 3 heteroatoms. The zero-order chi connectivity index (χ0) is 8.39. The quantitative estimate of drug-likeness (QED) is 0.644. The number of dihydropyridines is 1. The minimum absolute atomic E-state index is 0.473. The Bertz CT molecular complexity index is 300. The first-order valence-corrected chi connectivity index (χ1v) is 5.09. The van der Waals surface area contributed by atoms with Gasteiger partial charge in [-0.15, -0.1) is 0 Å². The first kappa shape index (κ1) is 7.92. The fraction of sp³-hybridized carbons (Fsp3) is 0.333. The number of rotatable bonds is 2. The molecule has 0 aliphatic carbocycles. The number of allylic oxidation sites excluding steroid dienone is 1. The number of hydrogen-bond acceptors (Lipinski definition) is 2. The second-order valence-corrected chi connectivity index (χ2v) is 3.60. The smallest absolute Gasteiger partial charge is 0.158 e. The minimum atomic E-state index is 0.473. The van der Waals surface area contributed by atoms with Gasteiger partial charge in [-0.25, -0.2) is 9.98 Å². The Morgan fingerprint density at radius 2 is 2.42 bits per heavy atom. The van der Waals surface area contributed by atoms with Crippen LogP contribution in [0.1, 0.15) is 6.42 Å². The van der Waals surface area contributed by atoms with Crippen LogP contribution in [0, 0.1) is 5.92 Å². The molecule has 0 spiro atoms. The summed E-state index contributed by atoms with van der Waals surface area (Å²) in [6.45, 7) is 0. The summed E-state index contributed by atoms with van der Waals surface area (Å²) >= 11 is 3.42. The van der Waals surface area contributed by atoms with Gasteiger partial charge in [0, 0.05) is 29.2 Å². The molecule has 1 unspecified atom stereocenters. The van der Waals surface area contributed by atoms with E-state index in [-0.39, 0.29) is 0 Å². The molecule has 2 heterocycles. The van der Waals surface area contributed by atoms with Crippen molar-refractivity contribution in [2.45, 2.75) is 6.42 Å². The number of amidine groups is 1. The summed E-state index contributed by atoms with van der Waals surface area (Å²) in [5.74, 6) is 1.34. The van der Waals surface area contributed by atoms with E-state index in [1.165, 1.54) is 5.57 Å². The maximum absolute atomic E-state index is 4.26. The van der Waals surface area contributed by atoms with Crippen molar-refractivity contribution in [2.75, 3.05) is 5.33 Å². The minimum Gasteiger partial charge on any atom is -0.240 e. The molecule has 0 aromatic carbocycles. The third kappa shape index (κ3) is 1.41. The number of aliphatic imine (C=N–C) groups is 2. The molecule has 0 saturated heterocycles. The molecule has 2 aliphatic rings. The molecule has 2 aliphatic heterocycles. The summed E-state index contributed by atoms with van der Waals surface area (Å²) in [6.07, 6.45) is 9.10. The highest BCUT2D eigenvalue weighted by Gasteiger charge is 2.14. The maximum Gasteiger partial charge on any atom is 0.158 e. The van der Waals surface area contributed by atoms with E-state index in [2.05, 4.69) is 32.0 Å². The molecule has 0 radical (unpaired) electrons. The molecule has 2 rings (SSSR count). The first-order chi connectivity index (χ1) is 5.90. The Morgan fingerprint density at radius 3 is 3.25 bits per heavy atom. The van der Waals surface area contributed by atoms with Crippen LogP contribution in [0.5, 0.6) is 0 Å². The van der Waals surface area contributed by atoms with Crippen molar-refractivity contribution in [3.8, 4) is 0 Å². The highest BCUT2D eigenvalue weighted by molar-refractivity contribution is 9.09. The summed E-state index contributed by atoms with van der Waals surface area (Å²) in [7, 11) is 0. The second kappa shape index (κ2) is 3.35. The molecule has 0 amide bonds. The van der Waals surface area contributed by atoms with E-state index >= 15 is 0 Å². The third-order valence-corrected chi connectivity index (χ3v) is 2.39. The average Bonchev–Trinajstić information content (AvgIpc) is 2.51. The van der Waals surface area contributed by atoms with E-state index in [1.807, 2.05) is 12.3 Å². The van der Waals surface area contributed by atoms with Crippen molar-refractivity contribution in [3.63, 3.8) is 0 Å². The van der Waals surface area contributed by atoms with E-state index < -0.39 is 0 Å². The summed E-state index contributed by atoms with van der Waals surface area (Å²) in [4.78, 5) is 8.38. The molecule has 0 aromatic heterocycles. The van der Waals surface area contributed by atoms with E-state index in [0.717, 1.165) is 17.6 Å². The zero-order valence-corrected chi connectivity index (χ0v) is 8.16. The second-order valence-electron chi connectivity index (χ2n) is 2.81. The standard InChI is InChI=1S/C9H9BrN2/c10-3-1-7-5-8-2-4-11-9(8)12-6-7/h2,4-7H,1,3H2. The van der Waals surface area contributed by atoms with E-state index in [1.54, 1.807) is 6.20 Å². The Hall–Kier alpha value is -0.700. The van der Waals surface area contributed by atoms with E-state index in [9.17, 15) is 0 Å². The van der Waals surface area contributed by atoms with Crippen molar-refractivity contribution in [2.24, 2.45) is 15.9 Å². The van der Waals surface area contributed by atoms with Crippen LogP contribution in [-0.4, -0.2) is 17.4 Å². The predicted molar refractivity (Wildman–Crippen MR) is 55.1 cm³/mol. The van der Waals surface area contributed by atoms with Crippen LogP contribution in [0.3, 0.4) is 0 Å². The van der Waals surface area contributed by atoms with Crippen LogP contribution in [0.15, 0.2) is 33.9 Å². The summed E-state index contributed by atoms with van der Waals surface area (Å²) in [5, 5.41) is 1.02. The third-order valence-electron chi connectivity index (χ3n) is 1.93. The van der Waals surface area contributed by atoms with Gasteiger partial charge in [-0.3, -0.25) is 0 Å². The van der Waals surface area contributed by atoms with Crippen LogP contribution < -0.4 is 0 Å². The average molecular weight is 225 g/mol. The molecule has 1 atom stereocenters. The van der Waals surface area contributed by atoms with Crippen molar-refractivity contribution < 1.29 is 0 Å². The number of nitrogens with zero attached hydrogens (tertiary/aromatic N) is 2. The van der Waals surface area contributed by atoms with Crippen LogP contribution in [0.25, 0.3) is 0 Å². The van der Waals surface area contributed by atoms with Gasteiger partial charge in [0.05, 0.1) is 0 Å². The highest BCUT2D eigenvalue weighted by Crippen LogP contribution is 2.19. The number of halogens is 1. The molecule has 2 nitrogen and oxygen atoms in total. The summed E-state index contributed by atoms with van der Waals surface area (Å²) in [6, 6.07) is 0. The van der Waals surface area contributed by atoms with Gasteiger partial charge in [0.2, 0.25) is 0 Å². The predicted octanol–water partition coefficient (Wildman–Crippen LogP) is 2.32. The van der Waals surface area contributed by atoms with Gasteiger partial charge in [0.15, 0.2) is 5.84 Å². The molecule has 0 fully saturated rings. The molecule has 12 heavy (non-hydrogen) atoms. The molecular formula is C9H9BrN2. The van der Waals surface area contributed by atoms with Gasteiger partial charge < -0.3 is 0 Å². The molecule has 0 bridgehead atoms. The van der Waals surface area contributed by atoms with Crippen molar-refractivity contribution in [3.05, 3.63) is 23.9 Å². The Morgan fingerprint density at radius 1 is 1.50 bits per heavy atom. The lowest BCUT2D eigenvalue weighted by Gasteiger charge is -2.10. The van der Waals surface area contributed by atoms with Gasteiger partial charge in [-0.1, -0.05) is 22.0 Å². The summed E-state index contributed by atoms with van der Waals surface area (Å²) in [5.41, 5.74) is 1.17. The lowest BCUT2D eigenvalue weighted by Crippen LogP contribution is -2.09. The fourth-order valence-electron chi connectivity index (χ4n) is 1.30. The molecule has 0 aromatic rings. The molecule has 0 saturated carbocycles. The topological polar surface area (TPSA) is 24.7 Å². The SMILES string of the molecule is BrCCC1C=NC2=NC=CC2=C1. The van der Waals surface area contributed by atoms with Gasteiger partial charge in [0.25, 0.3) is 0 Å². The van der Waals surface area contributed by atoms with Crippen molar-refractivity contribution >= 4 is 28.0 Å². The first-order valence-electron chi connectivity index (χ1n) is 3.97. The lowest BCUT2D eigenvalue weighted by molar-refractivity contribution is 0.840. The van der Waals surface area contributed by atoms with E-state index in [4.69, 9.17) is 0 Å². The highest BCUT2D eigenvalue weighted by atomic mass is 79.9. The van der Waals surface area contributed by atoms with Gasteiger partial charge in [0.1, 0.15) is 0 Å². The monoisotopic (exact) mass is 224 g/mol. The van der Waals surface area contributed by atoms with Crippen LogP contribution in [-0.2, 0) is 0 Å².